The maximum absolute atomic E-state index is 5.81. The van der Waals surface area contributed by atoms with Crippen LogP contribution in [0.2, 0.25) is 5.02 Å². The largest absolute Gasteiger partial charge is 0.318 e. The predicted molar refractivity (Wildman–Crippen MR) is 61.7 cm³/mol. The van der Waals surface area contributed by atoms with E-state index in [0.29, 0.717) is 0 Å². The monoisotopic (exact) mass is 212 g/mol. The molecule has 2 nitrogen and oxygen atoms in total. The normalized spacial score (nSPS) is 10.9. The van der Waals surface area contributed by atoms with E-state index in [1.54, 1.807) is 0 Å². The van der Waals surface area contributed by atoms with Crippen LogP contribution in [0.4, 0.5) is 0 Å². The highest BCUT2D eigenvalue weighted by Crippen LogP contribution is 2.10. The van der Waals surface area contributed by atoms with E-state index >= 15 is 0 Å². The topological polar surface area (TPSA) is 15.3 Å². The van der Waals surface area contributed by atoms with E-state index in [2.05, 4.69) is 29.4 Å². The highest BCUT2D eigenvalue weighted by atomic mass is 35.5. The van der Waals surface area contributed by atoms with Crippen LogP contribution in [-0.2, 0) is 6.54 Å². The van der Waals surface area contributed by atoms with Crippen molar-refractivity contribution in [1.82, 2.24) is 10.2 Å². The third-order valence-corrected chi connectivity index (χ3v) is 2.36. The fraction of sp³-hybridized carbons (Fsp3) is 0.455. The van der Waals surface area contributed by atoms with Crippen LogP contribution < -0.4 is 5.32 Å². The number of benzene rings is 1. The van der Waals surface area contributed by atoms with E-state index in [-0.39, 0.29) is 0 Å². The van der Waals surface area contributed by atoms with E-state index in [1.165, 1.54) is 5.56 Å². The fourth-order valence-corrected chi connectivity index (χ4v) is 1.41. The minimum absolute atomic E-state index is 0.798. The van der Waals surface area contributed by atoms with Crippen molar-refractivity contribution < 1.29 is 0 Å². The zero-order valence-electron chi connectivity index (χ0n) is 8.76. The quantitative estimate of drug-likeness (QED) is 0.803. The molecule has 0 amide bonds. The number of nitrogens with zero attached hydrogens (tertiary/aromatic N) is 1. The average molecular weight is 213 g/mol. The first kappa shape index (κ1) is 11.5. The maximum atomic E-state index is 5.81. The zero-order chi connectivity index (χ0) is 10.4. The molecule has 0 aliphatic carbocycles. The molecule has 0 aliphatic rings. The van der Waals surface area contributed by atoms with Gasteiger partial charge < -0.3 is 10.2 Å². The van der Waals surface area contributed by atoms with Crippen LogP contribution in [0.15, 0.2) is 24.3 Å². The van der Waals surface area contributed by atoms with Gasteiger partial charge in [-0.3, -0.25) is 0 Å². The van der Waals surface area contributed by atoms with E-state index in [1.807, 2.05) is 19.2 Å². The number of hydrogen-bond acceptors (Lipinski definition) is 2. The molecule has 14 heavy (non-hydrogen) atoms. The summed E-state index contributed by atoms with van der Waals surface area (Å²) in [7, 11) is 4.09. The number of nitrogens with one attached hydrogen (secondary N) is 1. The molecule has 0 spiro atoms. The molecule has 0 fully saturated rings. The zero-order valence-corrected chi connectivity index (χ0v) is 9.51. The molecule has 0 radical (unpaired) electrons. The average Bonchev–Trinajstić information content (AvgIpc) is 2.18. The van der Waals surface area contributed by atoms with Crippen LogP contribution in [0.5, 0.6) is 0 Å². The molecule has 1 aromatic rings. The number of halogens is 1. The molecule has 1 rings (SSSR count). The summed E-state index contributed by atoms with van der Waals surface area (Å²) in [5, 5.41) is 3.93. The van der Waals surface area contributed by atoms with Crippen molar-refractivity contribution in [2.45, 2.75) is 6.54 Å². The summed E-state index contributed by atoms with van der Waals surface area (Å²) >= 11 is 5.81. The molecule has 1 N–H and O–H groups in total. The second kappa shape index (κ2) is 6.02. The van der Waals surface area contributed by atoms with Crippen LogP contribution in [0, 0.1) is 0 Å². The van der Waals surface area contributed by atoms with Gasteiger partial charge >= 0.3 is 0 Å². The third-order valence-electron chi connectivity index (χ3n) is 2.11. The molecule has 0 bridgehead atoms. The number of rotatable bonds is 5. The summed E-state index contributed by atoms with van der Waals surface area (Å²) in [6.45, 7) is 3.04. The molecule has 0 saturated heterocycles. The van der Waals surface area contributed by atoms with Gasteiger partial charge in [0.25, 0.3) is 0 Å². The van der Waals surface area contributed by atoms with Crippen molar-refractivity contribution in [1.29, 1.82) is 0 Å². The van der Waals surface area contributed by atoms with Gasteiger partial charge in [-0.2, -0.15) is 0 Å². The van der Waals surface area contributed by atoms with Crippen molar-refractivity contribution in [3.05, 3.63) is 34.9 Å². The van der Waals surface area contributed by atoms with Crippen LogP contribution >= 0.6 is 11.6 Å². The number of hydrogen-bond donors (Lipinski definition) is 1. The summed E-state index contributed by atoms with van der Waals surface area (Å²) in [5.41, 5.74) is 1.30. The molecular formula is C11H17ClN2. The minimum Gasteiger partial charge on any atom is -0.318 e. The van der Waals surface area contributed by atoms with Crippen LogP contribution in [-0.4, -0.2) is 32.1 Å². The Labute approximate surface area is 90.9 Å². The van der Waals surface area contributed by atoms with Crippen LogP contribution in [0.1, 0.15) is 5.56 Å². The molecule has 0 aliphatic heterocycles. The lowest BCUT2D eigenvalue weighted by molar-refractivity contribution is 0.328. The van der Waals surface area contributed by atoms with Crippen LogP contribution in [0.25, 0.3) is 0 Å². The Morgan fingerprint density at radius 2 is 1.93 bits per heavy atom. The fourth-order valence-electron chi connectivity index (χ4n) is 1.28. The second-order valence-corrected chi connectivity index (χ2v) is 3.90. The van der Waals surface area contributed by atoms with E-state index in [9.17, 15) is 0 Å². The Morgan fingerprint density at radius 3 is 2.50 bits per heavy atom. The molecule has 0 aromatic heterocycles. The molecule has 0 heterocycles. The van der Waals surface area contributed by atoms with Crippen molar-refractivity contribution in [3.63, 3.8) is 0 Å². The van der Waals surface area contributed by atoms with Crippen molar-refractivity contribution in [2.75, 3.05) is 27.2 Å². The lowest BCUT2D eigenvalue weighted by atomic mass is 10.2. The molecule has 0 atom stereocenters. The SMILES string of the molecule is CNCCN(C)Cc1ccc(Cl)cc1. The van der Waals surface area contributed by atoms with E-state index < -0.39 is 0 Å². The van der Waals surface area contributed by atoms with Crippen molar-refractivity contribution >= 4 is 11.6 Å². The van der Waals surface area contributed by atoms with Gasteiger partial charge in [0.05, 0.1) is 0 Å². The maximum Gasteiger partial charge on any atom is 0.0406 e. The number of likely N-dealkylation sites (N-methyl/N-ethyl adjacent to an activating group) is 2. The summed E-state index contributed by atoms with van der Waals surface area (Å²) in [5.74, 6) is 0. The molecule has 1 aromatic carbocycles. The third kappa shape index (κ3) is 4.09. The summed E-state index contributed by atoms with van der Waals surface area (Å²) < 4.78 is 0. The first-order chi connectivity index (χ1) is 6.72. The second-order valence-electron chi connectivity index (χ2n) is 3.47. The summed E-state index contributed by atoms with van der Waals surface area (Å²) in [6, 6.07) is 8.00. The smallest absolute Gasteiger partial charge is 0.0406 e. The van der Waals surface area contributed by atoms with Gasteiger partial charge in [-0.05, 0) is 31.8 Å². The standard InChI is InChI=1S/C11H17ClN2/c1-13-7-8-14(2)9-10-3-5-11(12)6-4-10/h3-6,13H,7-9H2,1-2H3. The lowest BCUT2D eigenvalue weighted by Crippen LogP contribution is -2.26. The summed E-state index contributed by atoms with van der Waals surface area (Å²) in [6.07, 6.45) is 0. The Balaban J connectivity index is 2.39. The Hall–Kier alpha value is -0.570. The van der Waals surface area contributed by atoms with Gasteiger partial charge in [-0.15, -0.1) is 0 Å². The summed E-state index contributed by atoms with van der Waals surface area (Å²) in [4.78, 5) is 2.28. The van der Waals surface area contributed by atoms with Gasteiger partial charge in [0.1, 0.15) is 0 Å². The minimum atomic E-state index is 0.798. The first-order valence-electron chi connectivity index (χ1n) is 4.80. The van der Waals surface area contributed by atoms with Crippen LogP contribution in [0.3, 0.4) is 0 Å². The van der Waals surface area contributed by atoms with E-state index in [4.69, 9.17) is 11.6 Å². The highest BCUT2D eigenvalue weighted by Gasteiger charge is 1.98. The molecule has 3 heteroatoms. The molecule has 0 saturated carbocycles. The van der Waals surface area contributed by atoms with Gasteiger partial charge in [0.2, 0.25) is 0 Å². The van der Waals surface area contributed by atoms with Gasteiger partial charge in [0.15, 0.2) is 0 Å². The van der Waals surface area contributed by atoms with Crippen molar-refractivity contribution in [2.24, 2.45) is 0 Å². The van der Waals surface area contributed by atoms with E-state index in [0.717, 1.165) is 24.7 Å². The van der Waals surface area contributed by atoms with Gasteiger partial charge in [-0.25, -0.2) is 0 Å². The van der Waals surface area contributed by atoms with Gasteiger partial charge in [0, 0.05) is 24.7 Å². The van der Waals surface area contributed by atoms with Gasteiger partial charge in [-0.1, -0.05) is 23.7 Å². The molecule has 0 unspecified atom stereocenters. The Morgan fingerprint density at radius 1 is 1.29 bits per heavy atom. The Kier molecular flexibility index (Phi) is 4.94. The Bertz CT molecular complexity index is 258. The first-order valence-corrected chi connectivity index (χ1v) is 5.18. The lowest BCUT2D eigenvalue weighted by Gasteiger charge is -2.16. The molecular weight excluding hydrogens is 196 g/mol. The highest BCUT2D eigenvalue weighted by molar-refractivity contribution is 6.30. The molecule has 78 valence electrons. The predicted octanol–water partition coefficient (Wildman–Crippen LogP) is 1.99. The van der Waals surface area contributed by atoms with Crippen molar-refractivity contribution in [3.8, 4) is 0 Å².